The predicted octanol–water partition coefficient (Wildman–Crippen LogP) is 3.47. The molecule has 4 heteroatoms. The van der Waals surface area contributed by atoms with Crippen LogP contribution in [0, 0.1) is 5.41 Å². The van der Waals surface area contributed by atoms with Crippen LogP contribution in [0.2, 0.25) is 5.02 Å². The molecule has 0 heterocycles. The molecule has 0 bridgehead atoms. The molecule has 2 N–H and O–H groups in total. The molecule has 1 aromatic rings. The van der Waals surface area contributed by atoms with E-state index in [2.05, 4.69) is 36.6 Å². The Morgan fingerprint density at radius 2 is 2.14 bits per heavy atom. The molecule has 1 amide bonds. The van der Waals surface area contributed by atoms with Crippen molar-refractivity contribution in [1.29, 1.82) is 0 Å². The van der Waals surface area contributed by atoms with Gasteiger partial charge in [-0.15, -0.1) is 0 Å². The summed E-state index contributed by atoms with van der Waals surface area (Å²) < 4.78 is 0. The van der Waals surface area contributed by atoms with Crippen LogP contribution in [0.4, 0.5) is 0 Å². The highest BCUT2D eigenvalue weighted by Crippen LogP contribution is 2.45. The largest absolute Gasteiger partial charge is 0.354 e. The van der Waals surface area contributed by atoms with Crippen LogP contribution in [0.15, 0.2) is 18.2 Å². The van der Waals surface area contributed by atoms with Gasteiger partial charge in [-0.05, 0) is 48.9 Å². The van der Waals surface area contributed by atoms with Gasteiger partial charge < -0.3 is 10.6 Å². The van der Waals surface area contributed by atoms with E-state index in [9.17, 15) is 4.79 Å². The topological polar surface area (TPSA) is 41.1 Å². The van der Waals surface area contributed by atoms with Crippen molar-refractivity contribution in [2.45, 2.75) is 52.6 Å². The fraction of sp³-hybridized carbons (Fsp3) is 0.588. The van der Waals surface area contributed by atoms with Gasteiger partial charge in [-0.2, -0.15) is 0 Å². The molecule has 0 aliphatic heterocycles. The molecule has 1 unspecified atom stereocenters. The lowest BCUT2D eigenvalue weighted by atomic mass is 9.85. The monoisotopic (exact) mass is 308 g/mol. The first-order chi connectivity index (χ1) is 9.79. The zero-order valence-corrected chi connectivity index (χ0v) is 14.1. The number of nitrogens with one attached hydrogen (secondary N) is 2. The summed E-state index contributed by atoms with van der Waals surface area (Å²) in [5, 5.41) is 7.23. The Labute approximate surface area is 132 Å². The van der Waals surface area contributed by atoms with Crippen LogP contribution in [0.1, 0.15) is 51.3 Å². The Hall–Kier alpha value is -1.06. The minimum atomic E-state index is 0.0969. The SMILES string of the molecule is CC(C)NC(=O)CCNC1c2cc(Cl)ccc2CC1(C)C. The first-order valence-electron chi connectivity index (χ1n) is 7.60. The highest BCUT2D eigenvalue weighted by Gasteiger charge is 2.38. The van der Waals surface area contributed by atoms with E-state index >= 15 is 0 Å². The van der Waals surface area contributed by atoms with Crippen LogP contribution in [0.25, 0.3) is 0 Å². The summed E-state index contributed by atoms with van der Waals surface area (Å²) in [7, 11) is 0. The number of hydrogen-bond donors (Lipinski definition) is 2. The van der Waals surface area contributed by atoms with E-state index in [-0.39, 0.29) is 23.4 Å². The van der Waals surface area contributed by atoms with Crippen LogP contribution in [0.5, 0.6) is 0 Å². The number of fused-ring (bicyclic) bond motifs is 1. The van der Waals surface area contributed by atoms with Gasteiger partial charge in [0.05, 0.1) is 0 Å². The molecule has 0 saturated carbocycles. The molecule has 1 aliphatic carbocycles. The van der Waals surface area contributed by atoms with Crippen molar-refractivity contribution < 1.29 is 4.79 Å². The number of rotatable bonds is 5. The molecule has 21 heavy (non-hydrogen) atoms. The van der Waals surface area contributed by atoms with Crippen molar-refractivity contribution in [3.05, 3.63) is 34.3 Å². The lowest BCUT2D eigenvalue weighted by molar-refractivity contribution is -0.121. The summed E-state index contributed by atoms with van der Waals surface area (Å²) in [4.78, 5) is 11.7. The lowest BCUT2D eigenvalue weighted by Crippen LogP contribution is -2.36. The third kappa shape index (κ3) is 3.98. The Morgan fingerprint density at radius 1 is 1.43 bits per heavy atom. The first-order valence-corrected chi connectivity index (χ1v) is 7.98. The number of halogens is 1. The van der Waals surface area contributed by atoms with E-state index < -0.39 is 0 Å². The average Bonchev–Trinajstić information content (AvgIpc) is 2.59. The second-order valence-electron chi connectivity index (χ2n) is 6.87. The third-order valence-corrected chi connectivity index (χ3v) is 4.23. The molecule has 1 atom stereocenters. The zero-order chi connectivity index (χ0) is 15.6. The van der Waals surface area contributed by atoms with E-state index in [4.69, 9.17) is 11.6 Å². The van der Waals surface area contributed by atoms with Crippen molar-refractivity contribution in [2.24, 2.45) is 5.41 Å². The van der Waals surface area contributed by atoms with Gasteiger partial charge >= 0.3 is 0 Å². The quantitative estimate of drug-likeness (QED) is 0.874. The van der Waals surface area contributed by atoms with E-state index in [0.717, 1.165) is 11.4 Å². The number of carbonyl (C=O) groups is 1. The molecular formula is C17H25ClN2O. The summed E-state index contributed by atoms with van der Waals surface area (Å²) in [6.07, 6.45) is 1.54. The summed E-state index contributed by atoms with van der Waals surface area (Å²) in [5.74, 6) is 0.0969. The van der Waals surface area contributed by atoms with Crippen molar-refractivity contribution in [1.82, 2.24) is 10.6 Å². The molecule has 1 aliphatic rings. The molecular weight excluding hydrogens is 284 g/mol. The van der Waals surface area contributed by atoms with E-state index in [1.165, 1.54) is 11.1 Å². The van der Waals surface area contributed by atoms with Crippen LogP contribution < -0.4 is 10.6 Å². The number of benzene rings is 1. The second-order valence-corrected chi connectivity index (χ2v) is 7.30. The maximum Gasteiger partial charge on any atom is 0.221 e. The smallest absolute Gasteiger partial charge is 0.221 e. The van der Waals surface area contributed by atoms with Crippen molar-refractivity contribution in [3.63, 3.8) is 0 Å². The van der Waals surface area contributed by atoms with Crippen molar-refractivity contribution >= 4 is 17.5 Å². The Bertz CT molecular complexity index is 526. The highest BCUT2D eigenvalue weighted by molar-refractivity contribution is 6.30. The second kappa shape index (κ2) is 6.37. The molecule has 3 nitrogen and oxygen atoms in total. The minimum Gasteiger partial charge on any atom is -0.354 e. The maximum absolute atomic E-state index is 11.7. The minimum absolute atomic E-state index is 0.0969. The molecule has 0 spiro atoms. The lowest BCUT2D eigenvalue weighted by Gasteiger charge is -2.28. The summed E-state index contributed by atoms with van der Waals surface area (Å²) >= 11 is 6.13. The van der Waals surface area contributed by atoms with Gasteiger partial charge in [0.1, 0.15) is 0 Å². The molecule has 2 rings (SSSR count). The van der Waals surface area contributed by atoms with Gasteiger partial charge in [0, 0.05) is 30.1 Å². The first kappa shape index (κ1) is 16.3. The Morgan fingerprint density at radius 3 is 2.81 bits per heavy atom. The number of amides is 1. The van der Waals surface area contributed by atoms with E-state index in [1.54, 1.807) is 0 Å². The van der Waals surface area contributed by atoms with Crippen LogP contribution >= 0.6 is 11.6 Å². The Kier molecular flexibility index (Phi) is 4.95. The maximum atomic E-state index is 11.7. The van der Waals surface area contributed by atoms with Gasteiger partial charge in [0.2, 0.25) is 5.91 Å². The van der Waals surface area contributed by atoms with Crippen molar-refractivity contribution in [2.75, 3.05) is 6.54 Å². The van der Waals surface area contributed by atoms with E-state index in [0.29, 0.717) is 13.0 Å². The van der Waals surface area contributed by atoms with Crippen LogP contribution in [-0.2, 0) is 11.2 Å². The summed E-state index contributed by atoms with van der Waals surface area (Å²) in [5.41, 5.74) is 2.77. The van der Waals surface area contributed by atoms with Gasteiger partial charge in [-0.3, -0.25) is 4.79 Å². The molecule has 0 aromatic heterocycles. The van der Waals surface area contributed by atoms with Gasteiger partial charge in [-0.25, -0.2) is 0 Å². The number of hydrogen-bond acceptors (Lipinski definition) is 2. The normalized spacial score (nSPS) is 19.6. The highest BCUT2D eigenvalue weighted by atomic mass is 35.5. The summed E-state index contributed by atoms with van der Waals surface area (Å²) in [6.45, 7) is 9.14. The molecule has 116 valence electrons. The van der Waals surface area contributed by atoms with Gasteiger partial charge in [-0.1, -0.05) is 31.5 Å². The molecule has 1 aromatic carbocycles. The molecule has 0 fully saturated rings. The van der Waals surface area contributed by atoms with Crippen molar-refractivity contribution in [3.8, 4) is 0 Å². The van der Waals surface area contributed by atoms with Gasteiger partial charge in [0.15, 0.2) is 0 Å². The van der Waals surface area contributed by atoms with Crippen LogP contribution in [-0.4, -0.2) is 18.5 Å². The zero-order valence-electron chi connectivity index (χ0n) is 13.3. The molecule has 0 saturated heterocycles. The standard InChI is InChI=1S/C17H25ClN2O/c1-11(2)20-15(21)7-8-19-16-14-9-13(18)6-5-12(14)10-17(16,3)4/h5-6,9,11,16,19H,7-8,10H2,1-4H3,(H,20,21). The summed E-state index contributed by atoms with van der Waals surface area (Å²) in [6, 6.07) is 6.57. The fourth-order valence-corrected chi connectivity index (χ4v) is 3.30. The number of carbonyl (C=O) groups excluding carboxylic acids is 1. The molecule has 0 radical (unpaired) electrons. The van der Waals surface area contributed by atoms with Crippen LogP contribution in [0.3, 0.4) is 0 Å². The Balaban J connectivity index is 1.99. The van der Waals surface area contributed by atoms with Gasteiger partial charge in [0.25, 0.3) is 0 Å². The fourth-order valence-electron chi connectivity index (χ4n) is 3.12. The predicted molar refractivity (Wildman–Crippen MR) is 87.6 cm³/mol. The van der Waals surface area contributed by atoms with E-state index in [1.807, 2.05) is 19.9 Å². The third-order valence-electron chi connectivity index (χ3n) is 4.00. The average molecular weight is 309 g/mol.